The second-order valence-electron chi connectivity index (χ2n) is 8.30. The maximum Gasteiger partial charge on any atom is 0.410 e. The van der Waals surface area contributed by atoms with Crippen molar-refractivity contribution >= 4 is 22.8 Å². The summed E-state index contributed by atoms with van der Waals surface area (Å²) in [5.41, 5.74) is 0.897. The fourth-order valence-corrected chi connectivity index (χ4v) is 5.12. The number of aliphatic hydroxyl groups excluding tert-OH is 1. The number of hydrogen-bond donors (Lipinski definition) is 1. The molecule has 0 saturated carbocycles. The first-order valence-corrected chi connectivity index (χ1v) is 12.1. The van der Waals surface area contributed by atoms with Gasteiger partial charge in [-0.3, -0.25) is 13.9 Å². The number of carbonyl (C=O) groups excluding carboxylic acids is 2. The molecule has 0 spiro atoms. The predicted molar refractivity (Wildman–Crippen MR) is 115 cm³/mol. The lowest BCUT2D eigenvalue weighted by atomic mass is 10.1. The molecule has 2 unspecified atom stereocenters. The van der Waals surface area contributed by atoms with E-state index in [1.807, 2.05) is 44.2 Å². The van der Waals surface area contributed by atoms with Crippen LogP contribution in [0.2, 0.25) is 0 Å². The zero-order valence-corrected chi connectivity index (χ0v) is 18.6. The third kappa shape index (κ3) is 5.40. The third-order valence-electron chi connectivity index (χ3n) is 5.86. The van der Waals surface area contributed by atoms with Crippen molar-refractivity contribution in [3.8, 4) is 0 Å². The molecule has 3 rings (SSSR count). The van der Waals surface area contributed by atoms with Crippen molar-refractivity contribution in [1.29, 1.82) is 0 Å². The summed E-state index contributed by atoms with van der Waals surface area (Å²) in [6.07, 6.45) is 1.53. The van der Waals surface area contributed by atoms with E-state index in [2.05, 4.69) is 0 Å². The quantitative estimate of drug-likeness (QED) is 0.709. The van der Waals surface area contributed by atoms with Crippen molar-refractivity contribution in [1.82, 2.24) is 9.80 Å². The number of rotatable bonds is 7. The highest BCUT2D eigenvalue weighted by Gasteiger charge is 2.42. The van der Waals surface area contributed by atoms with Crippen LogP contribution in [0, 0.1) is 0 Å². The number of ether oxygens (including phenoxy) is 1. The van der Waals surface area contributed by atoms with E-state index in [4.69, 9.17) is 4.74 Å². The minimum Gasteiger partial charge on any atom is -0.445 e. The summed E-state index contributed by atoms with van der Waals surface area (Å²) in [5, 5.41) is 10.6. The lowest BCUT2D eigenvalue weighted by Crippen LogP contribution is -2.52. The van der Waals surface area contributed by atoms with Gasteiger partial charge in [-0.2, -0.15) is 0 Å². The van der Waals surface area contributed by atoms with Crippen LogP contribution in [-0.2, 0) is 26.9 Å². The van der Waals surface area contributed by atoms with E-state index >= 15 is 0 Å². The predicted octanol–water partition coefficient (Wildman–Crippen LogP) is 2.30. The van der Waals surface area contributed by atoms with Gasteiger partial charge in [-0.1, -0.05) is 44.2 Å². The topological polar surface area (TPSA) is 87.2 Å². The average molecular weight is 437 g/mol. The van der Waals surface area contributed by atoms with Gasteiger partial charge in [-0.05, 0) is 31.2 Å². The van der Waals surface area contributed by atoms with E-state index in [1.165, 1.54) is 4.90 Å². The van der Waals surface area contributed by atoms with Crippen LogP contribution in [0.1, 0.15) is 45.1 Å². The molecule has 2 fully saturated rings. The molecule has 0 bridgehead atoms. The second kappa shape index (κ2) is 10.4. The van der Waals surface area contributed by atoms with Gasteiger partial charge in [0.15, 0.2) is 0 Å². The molecule has 0 aromatic heterocycles. The highest BCUT2D eigenvalue weighted by Crippen LogP contribution is 2.27. The molecular formula is C22H32N2O5S. The Balaban J connectivity index is 1.61. The molecule has 2 aliphatic heterocycles. The number of carbonyl (C=O) groups is 2. The van der Waals surface area contributed by atoms with Gasteiger partial charge in [-0.15, -0.1) is 0 Å². The molecule has 2 saturated heterocycles. The molecular weight excluding hydrogens is 404 g/mol. The number of aliphatic hydroxyl groups is 1. The number of nitrogens with zero attached hydrogens (tertiary/aromatic N) is 2. The van der Waals surface area contributed by atoms with Crippen LogP contribution in [0.25, 0.3) is 0 Å². The van der Waals surface area contributed by atoms with Crippen LogP contribution in [-0.4, -0.2) is 73.4 Å². The molecule has 1 aromatic carbocycles. The third-order valence-corrected chi connectivity index (χ3v) is 7.59. The molecule has 166 valence electrons. The van der Waals surface area contributed by atoms with Crippen LogP contribution in [0.15, 0.2) is 30.3 Å². The summed E-state index contributed by atoms with van der Waals surface area (Å²) < 4.78 is 17.6. The number of amides is 2. The van der Waals surface area contributed by atoms with E-state index in [1.54, 1.807) is 4.90 Å². The van der Waals surface area contributed by atoms with Gasteiger partial charge in [0.2, 0.25) is 5.91 Å². The molecule has 4 atom stereocenters. The highest BCUT2D eigenvalue weighted by molar-refractivity contribution is 7.85. The van der Waals surface area contributed by atoms with Gasteiger partial charge in [0.1, 0.15) is 12.6 Å². The Bertz CT molecular complexity index is 757. The van der Waals surface area contributed by atoms with Gasteiger partial charge < -0.3 is 14.7 Å². The average Bonchev–Trinajstić information content (AvgIpc) is 3.42. The Morgan fingerprint density at radius 1 is 1.13 bits per heavy atom. The summed E-state index contributed by atoms with van der Waals surface area (Å²) in [6, 6.07) is 8.54. The minimum atomic E-state index is -1.14. The van der Waals surface area contributed by atoms with Crippen molar-refractivity contribution in [2.45, 2.75) is 69.6 Å². The molecule has 7 nitrogen and oxygen atoms in total. The number of hydrogen-bond acceptors (Lipinski definition) is 5. The molecule has 2 amide bonds. The molecule has 1 aromatic rings. The van der Waals surface area contributed by atoms with E-state index in [9.17, 15) is 18.9 Å². The SMILES string of the molecule is CC(C)S(=O)CC(O)[C@@H]1CCCN1C(=O)[C@H]1CCCN1C(=O)OCc1ccccc1. The largest absolute Gasteiger partial charge is 0.445 e. The molecule has 0 aliphatic carbocycles. The maximum absolute atomic E-state index is 13.3. The molecule has 1 N–H and O–H groups in total. The monoisotopic (exact) mass is 436 g/mol. The lowest BCUT2D eigenvalue weighted by molar-refractivity contribution is -0.138. The molecule has 2 heterocycles. The first-order valence-electron chi connectivity index (χ1n) is 10.7. The number of benzene rings is 1. The van der Waals surface area contributed by atoms with E-state index in [0.717, 1.165) is 18.4 Å². The first kappa shape index (κ1) is 22.7. The zero-order valence-electron chi connectivity index (χ0n) is 17.7. The van der Waals surface area contributed by atoms with Gasteiger partial charge in [0, 0.05) is 29.1 Å². The van der Waals surface area contributed by atoms with Crippen LogP contribution in [0.5, 0.6) is 0 Å². The van der Waals surface area contributed by atoms with E-state index < -0.39 is 29.0 Å². The fraction of sp³-hybridized carbons (Fsp3) is 0.636. The second-order valence-corrected chi connectivity index (χ2v) is 10.3. The maximum atomic E-state index is 13.3. The zero-order chi connectivity index (χ0) is 21.7. The lowest BCUT2D eigenvalue weighted by Gasteiger charge is -2.33. The normalized spacial score (nSPS) is 23.6. The van der Waals surface area contributed by atoms with Gasteiger partial charge in [0.05, 0.1) is 17.9 Å². The minimum absolute atomic E-state index is 0.0325. The fourth-order valence-electron chi connectivity index (χ4n) is 4.17. The molecule has 2 aliphatic rings. The van der Waals surface area contributed by atoms with Crippen LogP contribution < -0.4 is 0 Å². The van der Waals surface area contributed by atoms with Crippen molar-refractivity contribution in [2.24, 2.45) is 0 Å². The molecule has 8 heteroatoms. The van der Waals surface area contributed by atoms with Crippen LogP contribution >= 0.6 is 0 Å². The summed E-state index contributed by atoms with van der Waals surface area (Å²) in [6.45, 7) is 4.93. The first-order chi connectivity index (χ1) is 14.4. The highest BCUT2D eigenvalue weighted by atomic mass is 32.2. The summed E-state index contributed by atoms with van der Waals surface area (Å²) in [7, 11) is -1.14. The Labute approximate surface area is 180 Å². The van der Waals surface area contributed by atoms with Crippen LogP contribution in [0.3, 0.4) is 0 Å². The Kier molecular flexibility index (Phi) is 7.88. The van der Waals surface area contributed by atoms with Crippen LogP contribution in [0.4, 0.5) is 4.79 Å². The Hall–Kier alpha value is -1.93. The van der Waals surface area contributed by atoms with E-state index in [-0.39, 0.29) is 29.6 Å². The summed E-state index contributed by atoms with van der Waals surface area (Å²) >= 11 is 0. The van der Waals surface area contributed by atoms with Gasteiger partial charge in [0.25, 0.3) is 0 Å². The van der Waals surface area contributed by atoms with E-state index in [0.29, 0.717) is 25.9 Å². The van der Waals surface area contributed by atoms with Crippen molar-refractivity contribution in [3.63, 3.8) is 0 Å². The van der Waals surface area contributed by atoms with Gasteiger partial charge >= 0.3 is 6.09 Å². The van der Waals surface area contributed by atoms with Crippen molar-refractivity contribution < 1.29 is 23.6 Å². The number of likely N-dealkylation sites (tertiary alicyclic amines) is 2. The standard InChI is InChI=1S/C22H32N2O5S/c1-16(2)30(28)15-20(25)18-10-6-12-23(18)21(26)19-11-7-13-24(19)22(27)29-14-17-8-4-3-5-9-17/h3-5,8-9,16,18-20,25H,6-7,10-15H2,1-2H3/t18-,19+,20?,30?/m0/s1. The molecule has 30 heavy (non-hydrogen) atoms. The van der Waals surface area contributed by atoms with Crippen molar-refractivity contribution in [3.05, 3.63) is 35.9 Å². The smallest absolute Gasteiger partial charge is 0.410 e. The Morgan fingerprint density at radius 3 is 2.50 bits per heavy atom. The van der Waals surface area contributed by atoms with Gasteiger partial charge in [-0.25, -0.2) is 4.79 Å². The summed E-state index contributed by atoms with van der Waals surface area (Å²) in [5.74, 6) is 0.0284. The summed E-state index contributed by atoms with van der Waals surface area (Å²) in [4.78, 5) is 29.1. The Morgan fingerprint density at radius 2 is 1.80 bits per heavy atom. The molecule has 0 radical (unpaired) electrons. The van der Waals surface area contributed by atoms with Crippen molar-refractivity contribution in [2.75, 3.05) is 18.8 Å².